The number of carbonyl (C=O) groups excluding carboxylic acids is 2. The molecule has 2 aliphatic heterocycles. The number of hydrogen-bond donors (Lipinski definition) is 0. The largest absolute Gasteiger partial charge is 0.342 e. The monoisotopic (exact) mass is 430 g/mol. The molecule has 3 rings (SSSR count). The third-order valence-electron chi connectivity index (χ3n) is 4.71. The van der Waals surface area contributed by atoms with Gasteiger partial charge in [-0.1, -0.05) is 0 Å². The van der Waals surface area contributed by atoms with E-state index in [0.717, 1.165) is 38.8 Å². The number of likely N-dealkylation sites (tertiary alicyclic amines) is 2. The van der Waals surface area contributed by atoms with E-state index in [9.17, 15) is 14.0 Å². The maximum Gasteiger partial charge on any atom is 0.254 e. The molecule has 1 aromatic carbocycles. The van der Waals surface area contributed by atoms with E-state index >= 15 is 0 Å². The first-order valence-electron chi connectivity index (χ1n) is 8.09. The molecule has 0 aliphatic carbocycles. The molecule has 0 bridgehead atoms. The van der Waals surface area contributed by atoms with Gasteiger partial charge in [0.15, 0.2) is 0 Å². The summed E-state index contributed by atoms with van der Waals surface area (Å²) in [5.74, 6) is -0.0993. The van der Waals surface area contributed by atoms with Crippen LogP contribution in [0.3, 0.4) is 0 Å². The molecule has 6 heteroatoms. The van der Waals surface area contributed by atoms with Crippen LogP contribution in [-0.2, 0) is 4.79 Å². The van der Waals surface area contributed by atoms with Gasteiger partial charge >= 0.3 is 0 Å². The second kappa shape index (κ2) is 7.15. The van der Waals surface area contributed by atoms with Gasteiger partial charge in [0.05, 0.1) is 5.56 Å². The van der Waals surface area contributed by atoms with Gasteiger partial charge in [0.2, 0.25) is 5.91 Å². The Balaban J connectivity index is 1.60. The Hall–Kier alpha value is -1.18. The second-order valence-corrected chi connectivity index (χ2v) is 7.39. The molecule has 0 aromatic heterocycles. The van der Waals surface area contributed by atoms with E-state index < -0.39 is 0 Å². The van der Waals surface area contributed by atoms with Crippen LogP contribution in [0.5, 0.6) is 0 Å². The Kier molecular flexibility index (Phi) is 5.18. The highest BCUT2D eigenvalue weighted by atomic mass is 127. The third kappa shape index (κ3) is 3.67. The van der Waals surface area contributed by atoms with Crippen molar-refractivity contribution in [1.29, 1.82) is 0 Å². The molecule has 4 nitrogen and oxygen atoms in total. The number of halogens is 2. The van der Waals surface area contributed by atoms with Crippen LogP contribution in [0.15, 0.2) is 18.2 Å². The number of nitrogens with zero attached hydrogens (tertiary/aromatic N) is 2. The summed E-state index contributed by atoms with van der Waals surface area (Å²) in [7, 11) is 0. The van der Waals surface area contributed by atoms with Gasteiger partial charge in [0.1, 0.15) is 5.82 Å². The van der Waals surface area contributed by atoms with E-state index in [1.165, 1.54) is 12.1 Å². The van der Waals surface area contributed by atoms with Crippen molar-refractivity contribution in [2.75, 3.05) is 26.2 Å². The summed E-state index contributed by atoms with van der Waals surface area (Å²) in [5, 5.41) is 0. The van der Waals surface area contributed by atoms with Crippen LogP contribution in [0.2, 0.25) is 0 Å². The number of piperidine rings is 1. The van der Waals surface area contributed by atoms with E-state index in [0.29, 0.717) is 22.2 Å². The molecular weight excluding hydrogens is 410 g/mol. The average Bonchev–Trinajstić information content (AvgIpc) is 3.08. The Labute approximate surface area is 149 Å². The second-order valence-electron chi connectivity index (χ2n) is 6.22. The summed E-state index contributed by atoms with van der Waals surface area (Å²) in [6.45, 7) is 2.95. The fourth-order valence-corrected chi connectivity index (χ4v) is 4.07. The van der Waals surface area contributed by atoms with E-state index in [2.05, 4.69) is 0 Å². The maximum absolute atomic E-state index is 13.2. The van der Waals surface area contributed by atoms with Crippen molar-refractivity contribution < 1.29 is 14.0 Å². The molecular formula is C17H20FIN2O2. The SMILES string of the molecule is O=C(c1ccc(F)cc1I)N1CCC(C(=O)N2CCCC2)CC1. The summed E-state index contributed by atoms with van der Waals surface area (Å²) >= 11 is 1.99. The van der Waals surface area contributed by atoms with Gasteiger partial charge in [0, 0.05) is 35.7 Å². The van der Waals surface area contributed by atoms with Crippen LogP contribution >= 0.6 is 22.6 Å². The highest BCUT2D eigenvalue weighted by Gasteiger charge is 2.31. The van der Waals surface area contributed by atoms with E-state index in [-0.39, 0.29) is 23.5 Å². The summed E-state index contributed by atoms with van der Waals surface area (Å²) in [6, 6.07) is 4.23. The van der Waals surface area contributed by atoms with Crippen LogP contribution in [0.25, 0.3) is 0 Å². The van der Waals surface area contributed by atoms with Crippen molar-refractivity contribution in [1.82, 2.24) is 9.80 Å². The quantitative estimate of drug-likeness (QED) is 0.678. The van der Waals surface area contributed by atoms with Crippen LogP contribution in [0.1, 0.15) is 36.0 Å². The highest BCUT2D eigenvalue weighted by Crippen LogP contribution is 2.24. The molecule has 0 unspecified atom stereocenters. The van der Waals surface area contributed by atoms with Crippen LogP contribution in [0, 0.1) is 15.3 Å². The predicted octanol–water partition coefficient (Wildman–Crippen LogP) is 2.90. The number of amides is 2. The van der Waals surface area contributed by atoms with Crippen LogP contribution < -0.4 is 0 Å². The molecule has 0 N–H and O–H groups in total. The van der Waals surface area contributed by atoms with Crippen molar-refractivity contribution in [2.45, 2.75) is 25.7 Å². The molecule has 0 spiro atoms. The Bertz CT molecular complexity index is 609. The first-order chi connectivity index (χ1) is 11.1. The topological polar surface area (TPSA) is 40.6 Å². The van der Waals surface area contributed by atoms with Gasteiger partial charge in [-0.15, -0.1) is 0 Å². The zero-order chi connectivity index (χ0) is 16.4. The Morgan fingerprint density at radius 3 is 2.30 bits per heavy atom. The van der Waals surface area contributed by atoms with Gasteiger partial charge in [0.25, 0.3) is 5.91 Å². The summed E-state index contributed by atoms with van der Waals surface area (Å²) in [4.78, 5) is 28.7. The predicted molar refractivity (Wildman–Crippen MR) is 93.6 cm³/mol. The van der Waals surface area contributed by atoms with Crippen molar-refractivity contribution in [2.24, 2.45) is 5.92 Å². The molecule has 23 heavy (non-hydrogen) atoms. The number of hydrogen-bond acceptors (Lipinski definition) is 2. The van der Waals surface area contributed by atoms with Crippen molar-refractivity contribution in [3.8, 4) is 0 Å². The minimum absolute atomic E-state index is 0.0458. The molecule has 2 saturated heterocycles. The fraction of sp³-hybridized carbons (Fsp3) is 0.529. The van der Waals surface area contributed by atoms with Gasteiger partial charge in [-0.25, -0.2) is 4.39 Å². The van der Waals surface area contributed by atoms with Crippen molar-refractivity contribution in [3.05, 3.63) is 33.1 Å². The standard InChI is InChI=1S/C17H20FIN2O2/c18-13-3-4-14(15(19)11-13)17(23)21-9-5-12(6-10-21)16(22)20-7-1-2-8-20/h3-4,11-12H,1-2,5-10H2. The maximum atomic E-state index is 13.2. The first kappa shape index (κ1) is 16.7. The average molecular weight is 430 g/mol. The smallest absolute Gasteiger partial charge is 0.254 e. The molecule has 2 heterocycles. The molecule has 2 aliphatic rings. The van der Waals surface area contributed by atoms with Gasteiger partial charge < -0.3 is 9.80 Å². The molecule has 124 valence electrons. The van der Waals surface area contributed by atoms with Crippen LogP contribution in [0.4, 0.5) is 4.39 Å². The van der Waals surface area contributed by atoms with Gasteiger partial charge in [-0.3, -0.25) is 9.59 Å². The minimum atomic E-state index is -0.333. The lowest BCUT2D eigenvalue weighted by Gasteiger charge is -2.33. The lowest BCUT2D eigenvalue weighted by Crippen LogP contribution is -2.43. The molecule has 2 amide bonds. The zero-order valence-electron chi connectivity index (χ0n) is 12.9. The van der Waals surface area contributed by atoms with Gasteiger partial charge in [-0.2, -0.15) is 0 Å². The lowest BCUT2D eigenvalue weighted by molar-refractivity contribution is -0.135. The van der Waals surface area contributed by atoms with Crippen molar-refractivity contribution in [3.63, 3.8) is 0 Å². The van der Waals surface area contributed by atoms with E-state index in [4.69, 9.17) is 0 Å². The minimum Gasteiger partial charge on any atom is -0.342 e. The molecule has 1 aromatic rings. The molecule has 0 atom stereocenters. The lowest BCUT2D eigenvalue weighted by atomic mass is 9.95. The summed E-state index contributed by atoms with van der Waals surface area (Å²) < 4.78 is 13.8. The molecule has 0 radical (unpaired) electrons. The van der Waals surface area contributed by atoms with Crippen molar-refractivity contribution >= 4 is 34.4 Å². The number of rotatable bonds is 2. The highest BCUT2D eigenvalue weighted by molar-refractivity contribution is 14.1. The third-order valence-corrected chi connectivity index (χ3v) is 5.60. The van der Waals surface area contributed by atoms with Gasteiger partial charge in [-0.05, 0) is 66.5 Å². The first-order valence-corrected chi connectivity index (χ1v) is 9.17. The fourth-order valence-electron chi connectivity index (χ4n) is 3.36. The molecule has 0 saturated carbocycles. The Morgan fingerprint density at radius 2 is 1.70 bits per heavy atom. The van der Waals surface area contributed by atoms with E-state index in [1.54, 1.807) is 11.0 Å². The zero-order valence-corrected chi connectivity index (χ0v) is 15.1. The van der Waals surface area contributed by atoms with Crippen LogP contribution in [-0.4, -0.2) is 47.8 Å². The molecule has 2 fully saturated rings. The van der Waals surface area contributed by atoms with E-state index in [1.807, 2.05) is 27.5 Å². The summed E-state index contributed by atoms with van der Waals surface area (Å²) in [5.41, 5.74) is 0.538. The Morgan fingerprint density at radius 1 is 1.04 bits per heavy atom. The number of carbonyl (C=O) groups is 2. The summed E-state index contributed by atoms with van der Waals surface area (Å²) in [6.07, 6.45) is 3.65. The normalized spacial score (nSPS) is 19.2. The number of benzene rings is 1.